The number of carbonyl (C=O) groups is 5. The van der Waals surface area contributed by atoms with Crippen LogP contribution in [0.4, 0.5) is 0 Å². The van der Waals surface area contributed by atoms with Gasteiger partial charge in [0.25, 0.3) is 0 Å². The number of hydrogen-bond acceptors (Lipinski definition) is 10. The summed E-state index contributed by atoms with van der Waals surface area (Å²) in [6, 6.07) is 8.47. The maximum Gasteiger partial charge on any atom is 0.338 e. The van der Waals surface area contributed by atoms with E-state index >= 15 is 0 Å². The number of epoxide rings is 1. The van der Waals surface area contributed by atoms with Crippen molar-refractivity contribution in [1.82, 2.24) is 5.32 Å². The fourth-order valence-corrected chi connectivity index (χ4v) is 9.29. The molecule has 0 radical (unpaired) electrons. The molecule has 250 valence electrons. The van der Waals surface area contributed by atoms with Crippen molar-refractivity contribution in [3.05, 3.63) is 71.8 Å². The second kappa shape index (κ2) is 11.2. The van der Waals surface area contributed by atoms with Crippen LogP contribution in [0, 0.1) is 28.6 Å². The molecule has 1 aromatic carbocycles. The van der Waals surface area contributed by atoms with E-state index in [2.05, 4.69) is 11.9 Å². The van der Waals surface area contributed by atoms with Gasteiger partial charge in [0.2, 0.25) is 5.91 Å². The molecule has 1 N–H and O–H groups in total. The van der Waals surface area contributed by atoms with Crippen LogP contribution >= 0.6 is 0 Å². The molecular formula is C36H41NO10. The molecule has 5 aliphatic rings. The lowest BCUT2D eigenvalue weighted by atomic mass is 9.48. The second-order valence-corrected chi connectivity index (χ2v) is 14.1. The highest BCUT2D eigenvalue weighted by Gasteiger charge is 2.84. The normalized spacial score (nSPS) is 38.2. The number of methoxy groups -OCH3 is 1. The zero-order valence-corrected chi connectivity index (χ0v) is 27.5. The van der Waals surface area contributed by atoms with Gasteiger partial charge >= 0.3 is 23.9 Å². The lowest BCUT2D eigenvalue weighted by molar-refractivity contribution is -0.198. The minimum atomic E-state index is -1.20. The van der Waals surface area contributed by atoms with E-state index in [1.807, 2.05) is 19.9 Å². The fourth-order valence-electron chi connectivity index (χ4n) is 9.29. The minimum absolute atomic E-state index is 0.146. The zero-order valence-electron chi connectivity index (χ0n) is 27.5. The van der Waals surface area contributed by atoms with Crippen molar-refractivity contribution in [1.29, 1.82) is 0 Å². The van der Waals surface area contributed by atoms with Crippen LogP contribution in [0.5, 0.6) is 0 Å². The van der Waals surface area contributed by atoms with Gasteiger partial charge in [-0.15, -0.1) is 0 Å². The average Bonchev–Trinajstić information content (AvgIpc) is 3.53. The molecule has 1 spiro atoms. The van der Waals surface area contributed by atoms with Crippen molar-refractivity contribution >= 4 is 29.8 Å². The van der Waals surface area contributed by atoms with Crippen LogP contribution < -0.4 is 5.32 Å². The van der Waals surface area contributed by atoms with E-state index in [0.29, 0.717) is 24.1 Å². The molecule has 3 heterocycles. The van der Waals surface area contributed by atoms with Gasteiger partial charge in [-0.2, -0.15) is 0 Å². The molecule has 1 unspecified atom stereocenters. The van der Waals surface area contributed by atoms with Gasteiger partial charge in [0.1, 0.15) is 23.4 Å². The van der Waals surface area contributed by atoms with Gasteiger partial charge in [-0.3, -0.25) is 14.4 Å². The third-order valence-corrected chi connectivity index (χ3v) is 11.3. The van der Waals surface area contributed by atoms with E-state index < -0.39 is 75.9 Å². The Morgan fingerprint density at radius 2 is 1.77 bits per heavy atom. The first-order valence-electron chi connectivity index (χ1n) is 15.9. The van der Waals surface area contributed by atoms with Crippen LogP contribution in [0.2, 0.25) is 0 Å². The topological polar surface area (TPSA) is 147 Å². The van der Waals surface area contributed by atoms with Gasteiger partial charge in [-0.05, 0) is 38.0 Å². The molecule has 1 saturated heterocycles. The summed E-state index contributed by atoms with van der Waals surface area (Å²) in [5, 5.41) is 2.85. The van der Waals surface area contributed by atoms with E-state index in [1.165, 1.54) is 20.1 Å². The lowest BCUT2D eigenvalue weighted by Gasteiger charge is -2.58. The highest BCUT2D eigenvalue weighted by atomic mass is 16.6. The van der Waals surface area contributed by atoms with Crippen LogP contribution in [-0.4, -0.2) is 73.0 Å². The summed E-state index contributed by atoms with van der Waals surface area (Å²) in [4.78, 5) is 65.9. The van der Waals surface area contributed by atoms with Crippen molar-refractivity contribution in [2.45, 2.75) is 77.0 Å². The third-order valence-electron chi connectivity index (χ3n) is 11.3. The van der Waals surface area contributed by atoms with E-state index in [4.69, 9.17) is 23.7 Å². The van der Waals surface area contributed by atoms with Gasteiger partial charge in [-0.1, -0.05) is 50.8 Å². The monoisotopic (exact) mass is 647 g/mol. The number of esters is 4. The summed E-state index contributed by atoms with van der Waals surface area (Å²) in [6.07, 6.45) is 2.44. The summed E-state index contributed by atoms with van der Waals surface area (Å²) < 4.78 is 30.2. The number of allylic oxidation sites excluding steroid dienone is 1. The molecule has 3 fully saturated rings. The van der Waals surface area contributed by atoms with Crippen molar-refractivity contribution in [2.24, 2.45) is 28.6 Å². The van der Waals surface area contributed by atoms with Crippen molar-refractivity contribution in [3.8, 4) is 0 Å². The molecule has 47 heavy (non-hydrogen) atoms. The van der Waals surface area contributed by atoms with Crippen LogP contribution in [0.3, 0.4) is 0 Å². The molecule has 6 rings (SSSR count). The quantitative estimate of drug-likeness (QED) is 0.201. The van der Waals surface area contributed by atoms with Crippen LogP contribution in [0.15, 0.2) is 66.3 Å². The smallest absolute Gasteiger partial charge is 0.338 e. The third kappa shape index (κ3) is 4.84. The van der Waals surface area contributed by atoms with E-state index in [9.17, 15) is 24.0 Å². The Balaban J connectivity index is 1.58. The van der Waals surface area contributed by atoms with Gasteiger partial charge in [-0.25, -0.2) is 9.59 Å². The predicted molar refractivity (Wildman–Crippen MR) is 166 cm³/mol. The summed E-state index contributed by atoms with van der Waals surface area (Å²) in [5.74, 6) is -4.61. The number of carbonyl (C=O) groups excluding carboxylic acids is 5. The molecule has 0 aromatic heterocycles. The maximum absolute atomic E-state index is 13.9. The Morgan fingerprint density at radius 3 is 2.38 bits per heavy atom. The number of cyclic esters (lactones) is 1. The summed E-state index contributed by atoms with van der Waals surface area (Å²) in [7, 11) is 1.28. The molecule has 0 bridgehead atoms. The highest BCUT2D eigenvalue weighted by Crippen LogP contribution is 2.75. The molecule has 1 amide bonds. The van der Waals surface area contributed by atoms with Crippen molar-refractivity contribution in [2.75, 3.05) is 13.7 Å². The lowest BCUT2D eigenvalue weighted by Crippen LogP contribution is -2.67. The SMILES string of the molecule is C=C1C([C@@]2(C)C=CC(=O)OC(C)(C)[C@@H]2CC(=O)OC)[C@@H](OC(C)=O)[C@H](OC(=O)c2ccccc2)[C@@]2(C)[C@H](C3=CCNC3=O)C[C@H]3O[C@]132. The van der Waals surface area contributed by atoms with Crippen LogP contribution in [0.1, 0.15) is 57.8 Å². The standard InChI is InChI=1S/C36H41NO10/c1-19-28(34(5)15-13-26(39)47-33(3,4)24(34)18-27(40)43-7)29(44-20(2)38)30(45-32(42)21-11-9-8-10-12-21)35(6)23(17-25-36(19,35)46-25)22-14-16-37-31(22)41/h8-15,23-25,28-30H,1,16-18H2,2-7H3,(H,37,41)/t23-,24-,25+,28?,29+,30-,34-,35+,36+/m0/s1. The Kier molecular flexibility index (Phi) is 7.77. The van der Waals surface area contributed by atoms with Gasteiger partial charge in [0, 0.05) is 48.3 Å². The number of hydrogen-bond donors (Lipinski definition) is 1. The molecule has 1 aromatic rings. The molecule has 2 saturated carbocycles. The zero-order chi connectivity index (χ0) is 34.1. The predicted octanol–water partition coefficient (Wildman–Crippen LogP) is 3.63. The Hall–Kier alpha value is -4.25. The van der Waals surface area contributed by atoms with Gasteiger partial charge in [0.15, 0.2) is 0 Å². The Labute approximate surface area is 273 Å². The second-order valence-electron chi connectivity index (χ2n) is 14.1. The van der Waals surface area contributed by atoms with E-state index in [1.54, 1.807) is 50.3 Å². The number of rotatable bonds is 7. The first kappa shape index (κ1) is 32.7. The number of nitrogens with one attached hydrogen (secondary N) is 1. The van der Waals surface area contributed by atoms with Crippen molar-refractivity contribution < 1.29 is 47.7 Å². The first-order valence-corrected chi connectivity index (χ1v) is 15.9. The van der Waals surface area contributed by atoms with Gasteiger partial charge in [0.05, 0.1) is 30.6 Å². The molecule has 2 aliphatic carbocycles. The molecule has 11 nitrogen and oxygen atoms in total. The Morgan fingerprint density at radius 1 is 1.06 bits per heavy atom. The van der Waals surface area contributed by atoms with Crippen LogP contribution in [-0.2, 0) is 42.9 Å². The van der Waals surface area contributed by atoms with Gasteiger partial charge < -0.3 is 29.0 Å². The van der Waals surface area contributed by atoms with Crippen LogP contribution in [0.25, 0.3) is 0 Å². The number of amides is 1. The first-order chi connectivity index (χ1) is 22.1. The molecule has 11 heteroatoms. The minimum Gasteiger partial charge on any atom is -0.469 e. The molecular weight excluding hydrogens is 606 g/mol. The average molecular weight is 648 g/mol. The maximum atomic E-state index is 13.9. The van der Waals surface area contributed by atoms with E-state index in [-0.39, 0.29) is 24.0 Å². The Bertz CT molecular complexity index is 1610. The van der Waals surface area contributed by atoms with E-state index in [0.717, 1.165) is 0 Å². The molecule has 3 aliphatic heterocycles. The molecule has 9 atom stereocenters. The number of ether oxygens (including phenoxy) is 5. The number of benzene rings is 1. The fraction of sp³-hybridized carbons (Fsp3) is 0.528. The van der Waals surface area contributed by atoms with Crippen molar-refractivity contribution in [3.63, 3.8) is 0 Å². The summed E-state index contributed by atoms with van der Waals surface area (Å²) in [6.45, 7) is 13.5. The summed E-state index contributed by atoms with van der Waals surface area (Å²) >= 11 is 0. The largest absolute Gasteiger partial charge is 0.469 e. The highest BCUT2D eigenvalue weighted by molar-refractivity contribution is 5.97. The summed E-state index contributed by atoms with van der Waals surface area (Å²) in [5.41, 5.74) is -3.14.